The van der Waals surface area contributed by atoms with Crippen molar-refractivity contribution in [2.75, 3.05) is 7.05 Å². The third-order valence-electron chi connectivity index (χ3n) is 3.86. The Balaban J connectivity index is 1.94. The Hall–Kier alpha value is -1.84. The van der Waals surface area contributed by atoms with Gasteiger partial charge in [-0.1, -0.05) is 54.1 Å². The summed E-state index contributed by atoms with van der Waals surface area (Å²) in [6, 6.07) is 17.5. The minimum atomic E-state index is -0.266. The quantitative estimate of drug-likeness (QED) is 0.867. The van der Waals surface area contributed by atoms with Crippen molar-refractivity contribution in [3.05, 3.63) is 70.7 Å². The molecule has 23 heavy (non-hydrogen) atoms. The summed E-state index contributed by atoms with van der Waals surface area (Å²) in [6.07, 6.45) is 0. The zero-order chi connectivity index (χ0) is 16.8. The van der Waals surface area contributed by atoms with Crippen molar-refractivity contribution in [2.45, 2.75) is 32.5 Å². The molecule has 2 aromatic rings. The molecule has 122 valence electrons. The maximum Gasteiger partial charge on any atom is 0.239 e. The van der Waals surface area contributed by atoms with E-state index in [1.54, 1.807) is 4.90 Å². The van der Waals surface area contributed by atoms with Gasteiger partial charge in [0.1, 0.15) is 0 Å². The van der Waals surface area contributed by atoms with Crippen LogP contribution < -0.4 is 5.32 Å². The Morgan fingerprint density at radius 3 is 2.48 bits per heavy atom. The van der Waals surface area contributed by atoms with Crippen LogP contribution in [0.4, 0.5) is 0 Å². The molecule has 4 heteroatoms. The Morgan fingerprint density at radius 2 is 1.83 bits per heavy atom. The van der Waals surface area contributed by atoms with Crippen molar-refractivity contribution in [2.24, 2.45) is 0 Å². The topological polar surface area (TPSA) is 32.3 Å². The van der Waals surface area contributed by atoms with Crippen molar-refractivity contribution >= 4 is 17.5 Å². The van der Waals surface area contributed by atoms with Crippen LogP contribution in [-0.2, 0) is 11.3 Å². The molecule has 0 aromatic heterocycles. The van der Waals surface area contributed by atoms with E-state index in [1.165, 1.54) is 0 Å². The predicted octanol–water partition coefficient (Wildman–Crippen LogP) is 4.04. The van der Waals surface area contributed by atoms with Gasteiger partial charge < -0.3 is 4.90 Å². The monoisotopic (exact) mass is 330 g/mol. The van der Waals surface area contributed by atoms with Gasteiger partial charge in [0.2, 0.25) is 5.91 Å². The lowest BCUT2D eigenvalue weighted by Crippen LogP contribution is -2.43. The highest BCUT2D eigenvalue weighted by atomic mass is 35.5. The molecule has 0 bridgehead atoms. The number of hydrogen-bond donors (Lipinski definition) is 1. The minimum absolute atomic E-state index is 0.0535. The molecule has 3 nitrogen and oxygen atoms in total. The molecule has 0 aliphatic rings. The third-order valence-corrected chi connectivity index (χ3v) is 4.09. The summed E-state index contributed by atoms with van der Waals surface area (Å²) in [6.45, 7) is 4.54. The van der Waals surface area contributed by atoms with E-state index < -0.39 is 0 Å². The molecular formula is C19H23ClN2O. The number of hydrogen-bond acceptors (Lipinski definition) is 2. The van der Waals surface area contributed by atoms with Gasteiger partial charge in [0.25, 0.3) is 0 Å². The number of amides is 1. The van der Waals surface area contributed by atoms with Crippen molar-refractivity contribution in [3.63, 3.8) is 0 Å². The molecule has 0 aliphatic carbocycles. The first-order valence-electron chi connectivity index (χ1n) is 7.78. The number of benzene rings is 2. The van der Waals surface area contributed by atoms with Gasteiger partial charge in [-0.2, -0.15) is 0 Å². The summed E-state index contributed by atoms with van der Waals surface area (Å²) in [5.41, 5.74) is 2.20. The molecule has 0 radical (unpaired) electrons. The molecule has 2 unspecified atom stereocenters. The van der Waals surface area contributed by atoms with Gasteiger partial charge in [-0.05, 0) is 37.1 Å². The summed E-state index contributed by atoms with van der Waals surface area (Å²) in [7, 11) is 1.83. The number of carbonyl (C=O) groups excluding carboxylic acids is 1. The summed E-state index contributed by atoms with van der Waals surface area (Å²) < 4.78 is 0. The van der Waals surface area contributed by atoms with Crippen LogP contribution in [0.1, 0.15) is 31.0 Å². The van der Waals surface area contributed by atoms with Gasteiger partial charge >= 0.3 is 0 Å². The van der Waals surface area contributed by atoms with Crippen LogP contribution in [0.5, 0.6) is 0 Å². The second-order valence-electron chi connectivity index (χ2n) is 5.84. The highest BCUT2D eigenvalue weighted by Gasteiger charge is 2.20. The van der Waals surface area contributed by atoms with Crippen molar-refractivity contribution < 1.29 is 4.79 Å². The Labute approximate surface area is 143 Å². The van der Waals surface area contributed by atoms with E-state index in [4.69, 9.17) is 11.6 Å². The number of nitrogens with zero attached hydrogens (tertiary/aromatic N) is 1. The van der Waals surface area contributed by atoms with Crippen LogP contribution in [0.2, 0.25) is 5.02 Å². The molecule has 0 aliphatic heterocycles. The van der Waals surface area contributed by atoms with Crippen LogP contribution in [0.3, 0.4) is 0 Å². The van der Waals surface area contributed by atoms with E-state index in [2.05, 4.69) is 5.32 Å². The van der Waals surface area contributed by atoms with E-state index in [9.17, 15) is 4.79 Å². The van der Waals surface area contributed by atoms with Crippen LogP contribution in [0.25, 0.3) is 0 Å². The Morgan fingerprint density at radius 1 is 1.13 bits per heavy atom. The normalized spacial score (nSPS) is 13.4. The molecule has 1 amide bonds. The molecule has 0 spiro atoms. The van der Waals surface area contributed by atoms with Crippen molar-refractivity contribution in [1.82, 2.24) is 10.2 Å². The van der Waals surface area contributed by atoms with Crippen LogP contribution in [0, 0.1) is 0 Å². The number of carbonyl (C=O) groups is 1. The molecule has 1 N–H and O–H groups in total. The van der Waals surface area contributed by atoms with Gasteiger partial charge in [-0.3, -0.25) is 10.1 Å². The molecule has 0 heterocycles. The average Bonchev–Trinajstić information content (AvgIpc) is 2.54. The molecule has 2 rings (SSSR count). The van der Waals surface area contributed by atoms with Gasteiger partial charge in [0.15, 0.2) is 0 Å². The van der Waals surface area contributed by atoms with Crippen LogP contribution in [-0.4, -0.2) is 23.9 Å². The van der Waals surface area contributed by atoms with E-state index in [0.29, 0.717) is 11.6 Å². The number of rotatable bonds is 6. The van der Waals surface area contributed by atoms with Gasteiger partial charge in [-0.25, -0.2) is 0 Å². The van der Waals surface area contributed by atoms with Gasteiger partial charge in [0, 0.05) is 24.7 Å². The molecule has 2 atom stereocenters. The molecular weight excluding hydrogens is 308 g/mol. The first kappa shape index (κ1) is 17.5. The standard InChI is InChI=1S/C19H23ClN2O/c1-14(17-10-7-11-18(20)12-17)21-15(2)19(23)22(3)13-16-8-5-4-6-9-16/h4-12,14-15,21H,13H2,1-3H3. The second kappa shape index (κ2) is 8.14. The van der Waals surface area contributed by atoms with Crippen LogP contribution >= 0.6 is 11.6 Å². The number of likely N-dealkylation sites (N-methyl/N-ethyl adjacent to an activating group) is 1. The van der Waals surface area contributed by atoms with Crippen molar-refractivity contribution in [3.8, 4) is 0 Å². The van der Waals surface area contributed by atoms with Crippen molar-refractivity contribution in [1.29, 1.82) is 0 Å². The lowest BCUT2D eigenvalue weighted by molar-refractivity contribution is -0.132. The fraction of sp³-hybridized carbons (Fsp3) is 0.316. The molecule has 0 saturated carbocycles. The maximum absolute atomic E-state index is 12.5. The smallest absolute Gasteiger partial charge is 0.239 e. The van der Waals surface area contributed by atoms with E-state index >= 15 is 0 Å². The largest absolute Gasteiger partial charge is 0.340 e. The average molecular weight is 331 g/mol. The fourth-order valence-corrected chi connectivity index (χ4v) is 2.78. The van der Waals surface area contributed by atoms with E-state index in [-0.39, 0.29) is 18.0 Å². The highest BCUT2D eigenvalue weighted by Crippen LogP contribution is 2.18. The Kier molecular flexibility index (Phi) is 6.20. The first-order valence-corrected chi connectivity index (χ1v) is 8.15. The zero-order valence-corrected chi connectivity index (χ0v) is 14.5. The molecule has 0 saturated heterocycles. The maximum atomic E-state index is 12.5. The third kappa shape index (κ3) is 5.08. The Bertz CT molecular complexity index is 645. The summed E-state index contributed by atoms with van der Waals surface area (Å²) in [5.74, 6) is 0.0720. The molecule has 2 aromatic carbocycles. The number of nitrogens with one attached hydrogen (secondary N) is 1. The summed E-state index contributed by atoms with van der Waals surface area (Å²) >= 11 is 6.03. The minimum Gasteiger partial charge on any atom is -0.340 e. The van der Waals surface area contributed by atoms with Crippen LogP contribution in [0.15, 0.2) is 54.6 Å². The SMILES string of the molecule is CC(NC(C)c1cccc(Cl)c1)C(=O)N(C)Cc1ccccc1. The fourth-order valence-electron chi connectivity index (χ4n) is 2.58. The number of halogens is 1. The summed E-state index contributed by atoms with van der Waals surface area (Å²) in [4.78, 5) is 14.3. The lowest BCUT2D eigenvalue weighted by Gasteiger charge is -2.25. The molecule has 0 fully saturated rings. The highest BCUT2D eigenvalue weighted by molar-refractivity contribution is 6.30. The lowest BCUT2D eigenvalue weighted by atomic mass is 10.1. The second-order valence-corrected chi connectivity index (χ2v) is 6.28. The summed E-state index contributed by atoms with van der Waals surface area (Å²) in [5, 5.41) is 4.04. The van der Waals surface area contributed by atoms with E-state index in [0.717, 1.165) is 11.1 Å². The van der Waals surface area contributed by atoms with Gasteiger partial charge in [-0.15, -0.1) is 0 Å². The van der Waals surface area contributed by atoms with E-state index in [1.807, 2.05) is 75.5 Å². The first-order chi connectivity index (χ1) is 11.0. The van der Waals surface area contributed by atoms with Gasteiger partial charge in [0.05, 0.1) is 6.04 Å². The predicted molar refractivity (Wildman–Crippen MR) is 95.4 cm³/mol. The zero-order valence-electron chi connectivity index (χ0n) is 13.8.